The van der Waals surface area contributed by atoms with Crippen molar-refractivity contribution < 1.29 is 18.0 Å². The van der Waals surface area contributed by atoms with E-state index in [1.54, 1.807) is 0 Å². The van der Waals surface area contributed by atoms with Gasteiger partial charge in [-0.25, -0.2) is 23.8 Å². The summed E-state index contributed by atoms with van der Waals surface area (Å²) in [7, 11) is 11.2. The second-order valence-corrected chi connectivity index (χ2v) is 27.2. The molecule has 0 aliphatic heterocycles. The van der Waals surface area contributed by atoms with Gasteiger partial charge in [-0.15, -0.1) is 0 Å². The van der Waals surface area contributed by atoms with Crippen molar-refractivity contribution in [2.45, 2.75) is 26.9 Å². The molecule has 0 saturated carbocycles. The minimum Gasteiger partial charge on any atom is -0.214 e. The molecular weight excluding hydrogens is 358 g/mol. The van der Waals surface area contributed by atoms with Crippen LogP contribution in [0.2, 0.25) is 13.1 Å². The zero-order valence-corrected chi connectivity index (χ0v) is 16.3. The number of halogens is 2. The van der Waals surface area contributed by atoms with E-state index in [9.17, 15) is 0 Å². The van der Waals surface area contributed by atoms with Gasteiger partial charge in [0.1, 0.15) is 0 Å². The van der Waals surface area contributed by atoms with Crippen LogP contribution in [-0.2, 0) is 18.0 Å². The molecule has 0 nitrogen and oxygen atoms in total. The van der Waals surface area contributed by atoms with Crippen molar-refractivity contribution in [3.05, 3.63) is 59.7 Å². The first-order chi connectivity index (χ1) is 8.43. The molecule has 0 aliphatic carbocycles. The zero-order valence-electron chi connectivity index (χ0n) is 11.4. The van der Waals surface area contributed by atoms with E-state index >= 15 is 0 Å². The van der Waals surface area contributed by atoms with Gasteiger partial charge >= 0.3 is 53.5 Å². The maximum absolute atomic E-state index is 5.62. The van der Waals surface area contributed by atoms with Crippen LogP contribution in [0.3, 0.4) is 0 Å². The van der Waals surface area contributed by atoms with Gasteiger partial charge in [0, 0.05) is 0 Å². The molecule has 0 N–H and O–H groups in total. The summed E-state index contributed by atoms with van der Waals surface area (Å²) in [5.41, 5.74) is 2.49. The van der Waals surface area contributed by atoms with Crippen LogP contribution in [0.4, 0.5) is 0 Å². The molecule has 2 aromatic carbocycles. The molecule has 2 rings (SSSR count). The summed E-state index contributed by atoms with van der Waals surface area (Å²) in [6.45, 7) is 8.54. The Balaban J connectivity index is 0.000000244. The first-order valence-electron chi connectivity index (χ1n) is 5.78. The summed E-state index contributed by atoms with van der Waals surface area (Å²) in [6.07, 6.45) is 0. The van der Waals surface area contributed by atoms with Gasteiger partial charge in [0.15, 0.2) is 0 Å². The molecule has 0 atom stereocenters. The fourth-order valence-corrected chi connectivity index (χ4v) is 1.04. The van der Waals surface area contributed by atoms with Crippen molar-refractivity contribution in [2.24, 2.45) is 0 Å². The van der Waals surface area contributed by atoms with E-state index in [1.807, 2.05) is 30.3 Å². The van der Waals surface area contributed by atoms with Gasteiger partial charge in [-0.05, 0) is 0 Å². The van der Waals surface area contributed by atoms with E-state index < -0.39 is 18.0 Å². The largest absolute Gasteiger partial charge is 0.214 e. The van der Waals surface area contributed by atoms with Crippen LogP contribution in [-0.4, -0.2) is 5.43 Å². The Labute approximate surface area is 126 Å². The smallest absolute Gasteiger partial charge is 0.0635 e. The van der Waals surface area contributed by atoms with Gasteiger partial charge in [-0.3, -0.25) is 0 Å². The van der Waals surface area contributed by atoms with E-state index in [0.717, 1.165) is 0 Å². The molecule has 18 heavy (non-hydrogen) atoms. The average molecular weight is 379 g/mol. The molecule has 0 aromatic heterocycles. The van der Waals surface area contributed by atoms with Gasteiger partial charge in [-0.2, -0.15) is 35.9 Å². The Hall–Kier alpha value is 0.380. The summed E-state index contributed by atoms with van der Waals surface area (Å²) < 4.78 is 0. The summed E-state index contributed by atoms with van der Waals surface area (Å²) in [6, 6.07) is 16.4. The molecule has 2 aromatic rings. The maximum Gasteiger partial charge on any atom is -0.0635 e. The first kappa shape index (κ1) is 18.4. The maximum atomic E-state index is 5.62. The normalized spacial score (nSPS) is 8.56. The average Bonchev–Trinajstić information content (AvgIpc) is 2.94. The number of rotatable bonds is 0. The molecule has 100 valence electrons. The summed E-state index contributed by atoms with van der Waals surface area (Å²) >= 11 is -1.65. The predicted molar refractivity (Wildman–Crippen MR) is 82.7 cm³/mol. The third kappa shape index (κ3) is 11.5. The van der Waals surface area contributed by atoms with Crippen molar-refractivity contribution in [1.82, 2.24) is 0 Å². The van der Waals surface area contributed by atoms with Gasteiger partial charge in [0.2, 0.25) is 0 Å². The number of hydrogen-bond acceptors (Lipinski definition) is 0. The minimum atomic E-state index is -1.65. The van der Waals surface area contributed by atoms with Crippen molar-refractivity contribution >= 4 is 22.5 Å². The third-order valence-corrected chi connectivity index (χ3v) is 21.7. The molecule has 0 bridgehead atoms. The molecule has 0 heterocycles. The standard InChI is InChI=1S/C7H9.C5H5.C2H6Si.2ClH.Zr/c1-6-3-4-7(2)5-6;1-2-4-5-3-1;1-3-2;;;/h3-5H,1-2H3;1-5H;1-2H3;2*1H;/q2*-1;;;;+2/p-2. The van der Waals surface area contributed by atoms with Gasteiger partial charge < -0.3 is 0 Å². The van der Waals surface area contributed by atoms with Crippen LogP contribution in [0.1, 0.15) is 11.1 Å². The van der Waals surface area contributed by atoms with Crippen molar-refractivity contribution in [3.63, 3.8) is 0 Å². The van der Waals surface area contributed by atoms with Gasteiger partial charge in [0.05, 0.1) is 0 Å². The van der Waals surface area contributed by atoms with E-state index in [0.29, 0.717) is 0 Å². The molecule has 0 radical (unpaired) electrons. The van der Waals surface area contributed by atoms with Gasteiger partial charge in [-0.1, -0.05) is 13.8 Å². The van der Waals surface area contributed by atoms with E-state index in [-0.39, 0.29) is 5.43 Å². The molecular formula is C14H20Cl2SiZr-2. The van der Waals surface area contributed by atoms with Gasteiger partial charge in [0.25, 0.3) is 0 Å². The fourth-order valence-electron chi connectivity index (χ4n) is 1.04. The van der Waals surface area contributed by atoms with E-state index in [2.05, 4.69) is 45.1 Å². The summed E-state index contributed by atoms with van der Waals surface area (Å²) in [4.78, 5) is 0. The SMILES string of the molecule is C[Si](C)=[Zr]([Cl])[Cl].Cc1c[cH-]c(C)c1.c1cc[cH-]c1. The van der Waals surface area contributed by atoms with Crippen molar-refractivity contribution in [3.8, 4) is 0 Å². The van der Waals surface area contributed by atoms with Crippen molar-refractivity contribution in [1.29, 1.82) is 0 Å². The van der Waals surface area contributed by atoms with Crippen LogP contribution in [0, 0.1) is 13.8 Å². The zero-order chi connectivity index (χ0) is 14.0. The Morgan fingerprint density at radius 2 is 1.61 bits per heavy atom. The Kier molecular flexibility index (Phi) is 11.5. The summed E-state index contributed by atoms with van der Waals surface area (Å²) in [5.74, 6) is 0. The minimum absolute atomic E-state index is 0.224. The first-order valence-corrected chi connectivity index (χ1v) is 18.3. The van der Waals surface area contributed by atoms with Crippen LogP contribution in [0.5, 0.6) is 0 Å². The molecule has 0 aliphatic rings. The van der Waals surface area contributed by atoms with Crippen molar-refractivity contribution in [2.75, 3.05) is 0 Å². The summed E-state index contributed by atoms with van der Waals surface area (Å²) in [5, 5.41) is 0. The monoisotopic (exact) mass is 376 g/mol. The molecule has 0 fully saturated rings. The molecule has 0 amide bonds. The Bertz CT molecular complexity index is 392. The third-order valence-electron chi connectivity index (χ3n) is 2.00. The van der Waals surface area contributed by atoms with Crippen LogP contribution >= 0.6 is 17.0 Å². The van der Waals surface area contributed by atoms with E-state index in [4.69, 9.17) is 17.0 Å². The fraction of sp³-hybridized carbons (Fsp3) is 0.286. The molecule has 0 spiro atoms. The topological polar surface area (TPSA) is 0 Å². The quantitative estimate of drug-likeness (QED) is 0.414. The van der Waals surface area contributed by atoms with Crippen LogP contribution in [0.15, 0.2) is 48.5 Å². The Morgan fingerprint density at radius 3 is 1.72 bits per heavy atom. The predicted octanol–water partition coefficient (Wildman–Crippen LogP) is 5.59. The molecule has 0 unspecified atom stereocenters. The molecule has 0 saturated heterocycles. The second kappa shape index (κ2) is 11.2. The Morgan fingerprint density at radius 1 is 1.11 bits per heavy atom. The van der Waals surface area contributed by atoms with E-state index in [1.165, 1.54) is 11.1 Å². The second-order valence-electron chi connectivity index (χ2n) is 4.19. The van der Waals surface area contributed by atoms with Crippen LogP contribution < -0.4 is 0 Å². The number of aryl methyl sites for hydroxylation is 2. The number of hydrogen-bond donors (Lipinski definition) is 0. The van der Waals surface area contributed by atoms with Crippen LogP contribution in [0.25, 0.3) is 0 Å². The molecule has 4 heteroatoms.